The van der Waals surface area contributed by atoms with Crippen LogP contribution in [0.1, 0.15) is 28.2 Å². The molecule has 0 amide bonds. The predicted octanol–water partition coefficient (Wildman–Crippen LogP) is 1.13. The van der Waals surface area contributed by atoms with E-state index in [-0.39, 0.29) is 12.2 Å². The number of carbonyl (C=O) groups is 1. The van der Waals surface area contributed by atoms with E-state index in [9.17, 15) is 4.79 Å². The molecule has 1 aromatic rings. The van der Waals surface area contributed by atoms with Gasteiger partial charge in [0.2, 0.25) is 0 Å². The molecule has 0 aromatic carbocycles. The molecule has 0 N–H and O–H groups in total. The van der Waals surface area contributed by atoms with E-state index in [0.29, 0.717) is 11.3 Å². The van der Waals surface area contributed by atoms with E-state index in [1.807, 2.05) is 13.0 Å². The fraction of sp³-hybridized carbons (Fsp3) is 0.444. The van der Waals surface area contributed by atoms with Crippen molar-refractivity contribution in [1.82, 2.24) is 9.78 Å². The van der Waals surface area contributed by atoms with Gasteiger partial charge in [-0.15, -0.1) is 0 Å². The van der Waals surface area contributed by atoms with E-state index in [2.05, 4.69) is 5.10 Å². The highest BCUT2D eigenvalue weighted by molar-refractivity contribution is 5.99. The maximum atomic E-state index is 11.4. The van der Waals surface area contributed by atoms with Crippen LogP contribution in [-0.4, -0.2) is 15.6 Å². The lowest BCUT2D eigenvalue weighted by Crippen LogP contribution is -2.01. The second-order valence-corrected chi connectivity index (χ2v) is 2.93. The minimum atomic E-state index is -0.148. The summed E-state index contributed by atoms with van der Waals surface area (Å²) in [7, 11) is 1.78. The van der Waals surface area contributed by atoms with Crippen molar-refractivity contribution in [3.63, 3.8) is 0 Å². The van der Waals surface area contributed by atoms with Gasteiger partial charge >= 0.3 is 0 Å². The SMILES string of the molecule is Cc1nn(C)c(C)c1C(=O)CC#N. The van der Waals surface area contributed by atoms with E-state index in [1.165, 1.54) is 0 Å². The molecule has 0 atom stereocenters. The molecule has 68 valence electrons. The maximum Gasteiger partial charge on any atom is 0.180 e. The number of nitrogens with zero attached hydrogens (tertiary/aromatic N) is 3. The van der Waals surface area contributed by atoms with Crippen LogP contribution in [0, 0.1) is 25.2 Å². The van der Waals surface area contributed by atoms with Gasteiger partial charge in [0.25, 0.3) is 0 Å². The summed E-state index contributed by atoms with van der Waals surface area (Å²) in [5, 5.41) is 12.5. The number of carbonyl (C=O) groups excluding carboxylic acids is 1. The molecule has 0 aliphatic heterocycles. The Labute approximate surface area is 76.8 Å². The zero-order valence-electron chi connectivity index (χ0n) is 7.96. The summed E-state index contributed by atoms with van der Waals surface area (Å²) in [5.74, 6) is -0.148. The second kappa shape index (κ2) is 3.40. The van der Waals surface area contributed by atoms with Crippen LogP contribution in [0.5, 0.6) is 0 Å². The second-order valence-electron chi connectivity index (χ2n) is 2.93. The number of rotatable bonds is 2. The van der Waals surface area contributed by atoms with Gasteiger partial charge in [0.15, 0.2) is 5.78 Å². The standard InChI is InChI=1S/C9H11N3O/c1-6-9(8(13)4-5-10)7(2)12(3)11-6/h4H2,1-3H3. The predicted molar refractivity (Wildman–Crippen MR) is 47.2 cm³/mol. The van der Waals surface area contributed by atoms with Crippen molar-refractivity contribution in [1.29, 1.82) is 5.26 Å². The van der Waals surface area contributed by atoms with Crippen LogP contribution in [0.15, 0.2) is 0 Å². The molecule has 0 saturated heterocycles. The van der Waals surface area contributed by atoms with Crippen LogP contribution >= 0.6 is 0 Å². The molecule has 0 aliphatic carbocycles. The first-order valence-electron chi connectivity index (χ1n) is 3.98. The van der Waals surface area contributed by atoms with Crippen LogP contribution in [-0.2, 0) is 7.05 Å². The molecule has 0 spiro atoms. The summed E-state index contributed by atoms with van der Waals surface area (Å²) in [6, 6.07) is 1.84. The minimum Gasteiger partial charge on any atom is -0.293 e. The summed E-state index contributed by atoms with van der Waals surface area (Å²) in [5.41, 5.74) is 2.10. The number of aromatic nitrogens is 2. The Bertz CT molecular complexity index is 384. The van der Waals surface area contributed by atoms with Gasteiger partial charge in [-0.1, -0.05) is 0 Å². The molecule has 1 rings (SSSR count). The van der Waals surface area contributed by atoms with Crippen molar-refractivity contribution < 1.29 is 4.79 Å². The third-order valence-electron chi connectivity index (χ3n) is 2.03. The van der Waals surface area contributed by atoms with E-state index in [4.69, 9.17) is 5.26 Å². The number of aryl methyl sites for hydroxylation is 2. The first kappa shape index (κ1) is 9.46. The first-order valence-corrected chi connectivity index (χ1v) is 3.98. The van der Waals surface area contributed by atoms with Gasteiger partial charge in [-0.2, -0.15) is 10.4 Å². The number of hydrogen-bond donors (Lipinski definition) is 0. The van der Waals surface area contributed by atoms with Gasteiger partial charge in [-0.05, 0) is 13.8 Å². The Morgan fingerprint density at radius 3 is 2.62 bits per heavy atom. The van der Waals surface area contributed by atoms with E-state index >= 15 is 0 Å². The van der Waals surface area contributed by atoms with Crippen molar-refractivity contribution >= 4 is 5.78 Å². The summed E-state index contributed by atoms with van der Waals surface area (Å²) in [6.45, 7) is 3.60. The molecule has 0 radical (unpaired) electrons. The zero-order chi connectivity index (χ0) is 10.0. The van der Waals surface area contributed by atoms with Crippen molar-refractivity contribution in [2.45, 2.75) is 20.3 Å². The molecule has 0 aliphatic rings. The Balaban J connectivity index is 3.15. The summed E-state index contributed by atoms with van der Waals surface area (Å²) >= 11 is 0. The molecule has 1 aromatic heterocycles. The third-order valence-corrected chi connectivity index (χ3v) is 2.03. The smallest absolute Gasteiger partial charge is 0.180 e. The van der Waals surface area contributed by atoms with Gasteiger partial charge < -0.3 is 0 Å². The largest absolute Gasteiger partial charge is 0.293 e. The fourth-order valence-corrected chi connectivity index (χ4v) is 1.34. The summed E-state index contributed by atoms with van der Waals surface area (Å²) in [6.07, 6.45) is -0.0760. The molecular weight excluding hydrogens is 166 g/mol. The Hall–Kier alpha value is -1.63. The average Bonchev–Trinajstić information content (AvgIpc) is 2.27. The maximum absolute atomic E-state index is 11.4. The third kappa shape index (κ3) is 1.59. The van der Waals surface area contributed by atoms with Gasteiger partial charge in [-0.3, -0.25) is 9.48 Å². The number of ketones is 1. The van der Waals surface area contributed by atoms with E-state index in [0.717, 1.165) is 5.69 Å². The molecule has 0 unspecified atom stereocenters. The highest BCUT2D eigenvalue weighted by atomic mass is 16.1. The molecule has 13 heavy (non-hydrogen) atoms. The number of nitriles is 1. The Kier molecular flexibility index (Phi) is 2.47. The molecular formula is C9H11N3O. The van der Waals surface area contributed by atoms with Crippen molar-refractivity contribution in [2.24, 2.45) is 7.05 Å². The highest BCUT2D eigenvalue weighted by Gasteiger charge is 2.16. The lowest BCUT2D eigenvalue weighted by Gasteiger charge is -1.96. The molecule has 4 heteroatoms. The average molecular weight is 177 g/mol. The van der Waals surface area contributed by atoms with Gasteiger partial charge in [0, 0.05) is 12.7 Å². The molecule has 0 fully saturated rings. The van der Waals surface area contributed by atoms with Crippen LogP contribution < -0.4 is 0 Å². The van der Waals surface area contributed by atoms with Gasteiger partial charge in [0.1, 0.15) is 0 Å². The molecule has 0 saturated carbocycles. The zero-order valence-corrected chi connectivity index (χ0v) is 7.96. The van der Waals surface area contributed by atoms with Gasteiger partial charge in [0.05, 0.1) is 23.7 Å². The molecule has 0 bridgehead atoms. The molecule has 4 nitrogen and oxygen atoms in total. The lowest BCUT2D eigenvalue weighted by atomic mass is 10.1. The number of Topliss-reactive ketones (excluding diaryl/α,β-unsaturated/α-hetero) is 1. The number of hydrogen-bond acceptors (Lipinski definition) is 3. The van der Waals surface area contributed by atoms with Crippen LogP contribution in [0.2, 0.25) is 0 Å². The summed E-state index contributed by atoms with van der Waals surface area (Å²) < 4.78 is 1.65. The molecule has 1 heterocycles. The normalized spacial score (nSPS) is 9.69. The van der Waals surface area contributed by atoms with Crippen molar-refractivity contribution in [3.8, 4) is 6.07 Å². The minimum absolute atomic E-state index is 0.0760. The van der Waals surface area contributed by atoms with Crippen molar-refractivity contribution in [3.05, 3.63) is 17.0 Å². The van der Waals surface area contributed by atoms with E-state index < -0.39 is 0 Å². The van der Waals surface area contributed by atoms with Crippen molar-refractivity contribution in [2.75, 3.05) is 0 Å². The van der Waals surface area contributed by atoms with Crippen LogP contribution in [0.3, 0.4) is 0 Å². The highest BCUT2D eigenvalue weighted by Crippen LogP contribution is 2.13. The van der Waals surface area contributed by atoms with Crippen LogP contribution in [0.4, 0.5) is 0 Å². The Morgan fingerprint density at radius 2 is 2.23 bits per heavy atom. The van der Waals surface area contributed by atoms with E-state index in [1.54, 1.807) is 18.7 Å². The fourth-order valence-electron chi connectivity index (χ4n) is 1.34. The Morgan fingerprint density at radius 1 is 1.62 bits per heavy atom. The lowest BCUT2D eigenvalue weighted by molar-refractivity contribution is 0.0996. The topological polar surface area (TPSA) is 58.7 Å². The van der Waals surface area contributed by atoms with Gasteiger partial charge in [-0.25, -0.2) is 0 Å². The summed E-state index contributed by atoms with van der Waals surface area (Å²) in [4.78, 5) is 11.4. The van der Waals surface area contributed by atoms with Crippen LogP contribution in [0.25, 0.3) is 0 Å². The first-order chi connectivity index (χ1) is 6.07. The monoisotopic (exact) mass is 177 g/mol. The quantitative estimate of drug-likeness (QED) is 0.636.